The number of hydrogen-bond acceptors (Lipinski definition) is 7. The van der Waals surface area contributed by atoms with Crippen LogP contribution in [-0.4, -0.2) is 32.7 Å². The third-order valence-corrected chi connectivity index (χ3v) is 7.47. The highest BCUT2D eigenvalue weighted by Gasteiger charge is 2.24. The molecule has 9 nitrogen and oxygen atoms in total. The highest BCUT2D eigenvalue weighted by Crippen LogP contribution is 2.28. The largest absolute Gasteiger partial charge is 0.497 e. The lowest BCUT2D eigenvalue weighted by molar-refractivity contribution is -0.384. The Hall–Kier alpha value is -4.96. The fourth-order valence-electron chi connectivity index (χ4n) is 4.46. The predicted molar refractivity (Wildman–Crippen MR) is 157 cm³/mol. The van der Waals surface area contributed by atoms with Gasteiger partial charge in [-0.2, -0.15) is 0 Å². The number of carbonyl (C=O) groups is 1. The highest BCUT2D eigenvalue weighted by molar-refractivity contribution is 7.98. The van der Waals surface area contributed by atoms with Crippen molar-refractivity contribution in [2.24, 2.45) is 0 Å². The van der Waals surface area contributed by atoms with Crippen molar-refractivity contribution in [2.45, 2.75) is 23.4 Å². The molecule has 0 spiro atoms. The summed E-state index contributed by atoms with van der Waals surface area (Å²) in [6.45, 7) is 0.110. The Balaban J connectivity index is 1.42. The molecule has 0 bridgehead atoms. The second kappa shape index (κ2) is 12.9. The van der Waals surface area contributed by atoms with E-state index in [4.69, 9.17) is 4.74 Å². The number of aromatic nitrogens is 3. The summed E-state index contributed by atoms with van der Waals surface area (Å²) < 4.78 is 7.15. The average molecular weight is 566 g/mol. The number of nitro benzene ring substituents is 1. The van der Waals surface area contributed by atoms with Gasteiger partial charge in [0.25, 0.3) is 5.69 Å². The van der Waals surface area contributed by atoms with Gasteiger partial charge in [-0.3, -0.25) is 19.5 Å². The van der Waals surface area contributed by atoms with E-state index >= 15 is 0 Å². The maximum Gasteiger partial charge on any atom is 0.269 e. The first-order valence-corrected chi connectivity index (χ1v) is 13.8. The molecule has 1 N–H and O–H groups in total. The third-order valence-electron chi connectivity index (χ3n) is 6.47. The lowest BCUT2D eigenvalue weighted by atomic mass is 9.90. The lowest BCUT2D eigenvalue weighted by Crippen LogP contribution is -2.30. The normalized spacial score (nSPS) is 10.9. The standard InChI is InChI=1S/C31H27N5O4S/c1-40-27-14-8-9-22(19-27)21-41-31-34-33-28(35(31)25-15-17-26(18-16-25)36(38)39)20-32-30(37)29(23-10-4-2-5-11-23)24-12-6-3-7-13-24/h2-19,29H,20-21H2,1H3,(H,32,37). The van der Waals surface area contributed by atoms with Crippen molar-refractivity contribution < 1.29 is 14.5 Å². The molecule has 0 aliphatic carbocycles. The minimum atomic E-state index is -0.505. The Morgan fingerprint density at radius 1 is 0.927 bits per heavy atom. The summed E-state index contributed by atoms with van der Waals surface area (Å²) in [6, 6.07) is 33.2. The Labute approximate surface area is 241 Å². The van der Waals surface area contributed by atoms with Gasteiger partial charge in [-0.15, -0.1) is 10.2 Å². The molecule has 10 heteroatoms. The smallest absolute Gasteiger partial charge is 0.269 e. The summed E-state index contributed by atoms with van der Waals surface area (Å²) in [5, 5.41) is 23.7. The van der Waals surface area contributed by atoms with Crippen molar-refractivity contribution in [1.29, 1.82) is 0 Å². The fraction of sp³-hybridized carbons (Fsp3) is 0.129. The van der Waals surface area contributed by atoms with E-state index < -0.39 is 10.8 Å². The SMILES string of the molecule is COc1cccc(CSc2nnc(CNC(=O)C(c3ccccc3)c3ccccc3)n2-c2ccc([N+](=O)[O-])cc2)c1. The van der Waals surface area contributed by atoms with Crippen molar-refractivity contribution in [1.82, 2.24) is 20.1 Å². The Bertz CT molecular complexity index is 1590. The van der Waals surface area contributed by atoms with E-state index in [1.54, 1.807) is 19.2 Å². The van der Waals surface area contributed by atoms with E-state index in [1.165, 1.54) is 23.9 Å². The summed E-state index contributed by atoms with van der Waals surface area (Å²) in [5.74, 6) is 1.18. The number of nitrogens with one attached hydrogen (secondary N) is 1. The number of hydrogen-bond donors (Lipinski definition) is 1. The Kier molecular flexibility index (Phi) is 8.70. The van der Waals surface area contributed by atoms with Gasteiger partial charge in [-0.25, -0.2) is 0 Å². The van der Waals surface area contributed by atoms with Gasteiger partial charge < -0.3 is 10.1 Å². The number of benzene rings is 4. The van der Waals surface area contributed by atoms with Crippen LogP contribution in [0, 0.1) is 10.1 Å². The molecule has 0 saturated carbocycles. The van der Waals surface area contributed by atoms with Gasteiger partial charge in [0.05, 0.1) is 24.5 Å². The topological polar surface area (TPSA) is 112 Å². The van der Waals surface area contributed by atoms with Crippen LogP contribution < -0.4 is 10.1 Å². The van der Waals surface area contributed by atoms with Crippen LogP contribution in [0.1, 0.15) is 28.4 Å². The molecule has 0 saturated heterocycles. The maximum absolute atomic E-state index is 13.6. The van der Waals surface area contributed by atoms with Crippen LogP contribution in [0.25, 0.3) is 5.69 Å². The van der Waals surface area contributed by atoms with Gasteiger partial charge in [0.2, 0.25) is 5.91 Å². The predicted octanol–water partition coefficient (Wildman–Crippen LogP) is 5.92. The second-order valence-electron chi connectivity index (χ2n) is 9.12. The number of nitrogens with zero attached hydrogens (tertiary/aromatic N) is 4. The molecule has 5 aromatic rings. The number of rotatable bonds is 11. The van der Waals surface area contributed by atoms with Crippen LogP contribution in [0.5, 0.6) is 5.75 Å². The van der Waals surface area contributed by atoms with Crippen LogP contribution in [0.2, 0.25) is 0 Å². The van der Waals surface area contributed by atoms with Gasteiger partial charge in [0.1, 0.15) is 5.75 Å². The minimum absolute atomic E-state index is 0.0178. The molecular weight excluding hydrogens is 538 g/mol. The summed E-state index contributed by atoms with van der Waals surface area (Å²) >= 11 is 1.47. The number of nitro groups is 1. The molecule has 41 heavy (non-hydrogen) atoms. The molecule has 5 rings (SSSR count). The van der Waals surface area contributed by atoms with Crippen molar-refractivity contribution in [3.8, 4) is 11.4 Å². The minimum Gasteiger partial charge on any atom is -0.497 e. The van der Waals surface area contributed by atoms with E-state index in [-0.39, 0.29) is 18.1 Å². The molecule has 0 radical (unpaired) electrons. The number of non-ortho nitro benzene ring substituents is 1. The molecule has 0 atom stereocenters. The van der Waals surface area contributed by atoms with Crippen LogP contribution in [0.3, 0.4) is 0 Å². The fourth-order valence-corrected chi connectivity index (χ4v) is 5.37. The van der Waals surface area contributed by atoms with Crippen LogP contribution in [-0.2, 0) is 17.1 Å². The van der Waals surface area contributed by atoms with E-state index in [1.807, 2.05) is 89.5 Å². The van der Waals surface area contributed by atoms with E-state index in [9.17, 15) is 14.9 Å². The summed E-state index contributed by atoms with van der Waals surface area (Å²) in [6.07, 6.45) is 0. The average Bonchev–Trinajstić information content (AvgIpc) is 3.43. The molecule has 206 valence electrons. The molecule has 1 heterocycles. The first kappa shape index (κ1) is 27.6. The zero-order valence-corrected chi connectivity index (χ0v) is 23.0. The Morgan fingerprint density at radius 3 is 2.20 bits per heavy atom. The third kappa shape index (κ3) is 6.62. The van der Waals surface area contributed by atoms with E-state index in [2.05, 4.69) is 15.5 Å². The molecule has 1 aromatic heterocycles. The number of amides is 1. The van der Waals surface area contributed by atoms with E-state index in [0.717, 1.165) is 22.4 Å². The first-order valence-electron chi connectivity index (χ1n) is 12.9. The summed E-state index contributed by atoms with van der Waals surface area (Å²) in [7, 11) is 1.62. The van der Waals surface area contributed by atoms with Gasteiger partial charge in [0.15, 0.2) is 11.0 Å². The van der Waals surface area contributed by atoms with Crippen molar-refractivity contribution in [3.63, 3.8) is 0 Å². The quantitative estimate of drug-likeness (QED) is 0.120. The molecule has 0 aliphatic rings. The van der Waals surface area contributed by atoms with Crippen LogP contribution >= 0.6 is 11.8 Å². The number of carbonyl (C=O) groups excluding carboxylic acids is 1. The zero-order valence-electron chi connectivity index (χ0n) is 22.2. The number of methoxy groups -OCH3 is 1. The van der Waals surface area contributed by atoms with Crippen LogP contribution in [0.15, 0.2) is 114 Å². The molecule has 0 aliphatic heterocycles. The van der Waals surface area contributed by atoms with Gasteiger partial charge >= 0.3 is 0 Å². The maximum atomic E-state index is 13.6. The second-order valence-corrected chi connectivity index (χ2v) is 10.1. The lowest BCUT2D eigenvalue weighted by Gasteiger charge is -2.18. The number of ether oxygens (including phenoxy) is 1. The summed E-state index contributed by atoms with van der Waals surface area (Å²) in [5.41, 5.74) is 3.43. The van der Waals surface area contributed by atoms with Gasteiger partial charge in [-0.1, -0.05) is 84.6 Å². The number of thioether (sulfide) groups is 1. The molecule has 1 amide bonds. The first-order chi connectivity index (χ1) is 20.0. The van der Waals surface area contributed by atoms with Crippen molar-refractivity contribution in [2.75, 3.05) is 7.11 Å². The van der Waals surface area contributed by atoms with Crippen molar-refractivity contribution >= 4 is 23.4 Å². The van der Waals surface area contributed by atoms with Crippen LogP contribution in [0.4, 0.5) is 5.69 Å². The Morgan fingerprint density at radius 2 is 1.59 bits per heavy atom. The molecular formula is C31H27N5O4S. The van der Waals surface area contributed by atoms with E-state index in [0.29, 0.717) is 22.4 Å². The zero-order chi connectivity index (χ0) is 28.6. The van der Waals surface area contributed by atoms with Gasteiger partial charge in [-0.05, 0) is 41.0 Å². The monoisotopic (exact) mass is 565 g/mol. The summed E-state index contributed by atoms with van der Waals surface area (Å²) in [4.78, 5) is 24.4. The molecule has 0 unspecified atom stereocenters. The highest BCUT2D eigenvalue weighted by atomic mass is 32.2. The van der Waals surface area contributed by atoms with Crippen molar-refractivity contribution in [3.05, 3.63) is 142 Å². The van der Waals surface area contributed by atoms with Gasteiger partial charge in [0, 0.05) is 23.6 Å². The molecule has 0 fully saturated rings. The molecule has 4 aromatic carbocycles.